The number of halogens is 1. The van der Waals surface area contributed by atoms with Crippen LogP contribution in [0.15, 0.2) is 23.1 Å². The zero-order chi connectivity index (χ0) is 18.1. The second-order valence-corrected chi connectivity index (χ2v) is 9.96. The van der Waals surface area contributed by atoms with Gasteiger partial charge in [-0.05, 0) is 30.7 Å². The number of carbonyl (C=O) groups excluding carboxylic acids is 1. The summed E-state index contributed by atoms with van der Waals surface area (Å²) < 4.78 is 67.1. The predicted molar refractivity (Wildman–Crippen MR) is 84.6 cm³/mol. The summed E-state index contributed by atoms with van der Waals surface area (Å²) in [6, 6.07) is 2.37. The number of benzene rings is 1. The van der Waals surface area contributed by atoms with E-state index in [0.29, 0.717) is 0 Å². The first-order chi connectivity index (χ1) is 11.1. The lowest BCUT2D eigenvalue weighted by molar-refractivity contribution is -0.139. The first-order valence-corrected chi connectivity index (χ1v) is 10.4. The Labute approximate surface area is 140 Å². The molecule has 0 aromatic heterocycles. The highest BCUT2D eigenvalue weighted by atomic mass is 32.2. The van der Waals surface area contributed by atoms with Gasteiger partial charge in [0.15, 0.2) is 19.7 Å². The Bertz CT molecular complexity index is 850. The molecule has 10 heteroatoms. The van der Waals surface area contributed by atoms with E-state index in [4.69, 9.17) is 0 Å². The van der Waals surface area contributed by atoms with Gasteiger partial charge in [-0.2, -0.15) is 0 Å². The summed E-state index contributed by atoms with van der Waals surface area (Å²) in [7, 11) is -6.42. The van der Waals surface area contributed by atoms with E-state index in [1.807, 2.05) is 0 Å². The van der Waals surface area contributed by atoms with Crippen LogP contribution in [0.3, 0.4) is 0 Å². The molecule has 0 saturated carbocycles. The number of methoxy groups -OCH3 is 1. The van der Waals surface area contributed by atoms with Crippen LogP contribution >= 0.6 is 0 Å². The van der Waals surface area contributed by atoms with E-state index < -0.39 is 54.3 Å². The van der Waals surface area contributed by atoms with E-state index in [1.54, 1.807) is 0 Å². The molecule has 7 nitrogen and oxygen atoms in total. The molecule has 0 aliphatic carbocycles. The van der Waals surface area contributed by atoms with Gasteiger partial charge in [0.05, 0.1) is 35.3 Å². The third kappa shape index (κ3) is 3.93. The summed E-state index contributed by atoms with van der Waals surface area (Å²) in [5, 5.41) is 1.38. The van der Waals surface area contributed by atoms with Crippen molar-refractivity contribution in [2.24, 2.45) is 0 Å². The number of ether oxygens (including phenoxy) is 1. The van der Waals surface area contributed by atoms with Crippen LogP contribution in [0.1, 0.15) is 5.56 Å². The minimum Gasteiger partial charge on any atom is -0.468 e. The fourth-order valence-electron chi connectivity index (χ4n) is 2.57. The van der Waals surface area contributed by atoms with Crippen molar-refractivity contribution in [1.82, 2.24) is 5.32 Å². The Balaban J connectivity index is 2.34. The molecule has 1 saturated heterocycles. The third-order valence-corrected chi connectivity index (χ3v) is 8.04. The SMILES string of the molecule is COC(=O)CN[C@H]1CS(=O)(=O)C[C@@H]1S(=O)(=O)c1ccc(F)c(C)c1. The minimum absolute atomic E-state index is 0.145. The summed E-state index contributed by atoms with van der Waals surface area (Å²) in [4.78, 5) is 11.1. The normalized spacial score (nSPS) is 23.1. The number of aryl methyl sites for hydroxylation is 1. The summed E-state index contributed by atoms with van der Waals surface area (Å²) >= 11 is 0. The Morgan fingerprint density at radius 3 is 2.62 bits per heavy atom. The van der Waals surface area contributed by atoms with Crippen molar-refractivity contribution in [3.05, 3.63) is 29.6 Å². The number of esters is 1. The Morgan fingerprint density at radius 1 is 1.38 bits per heavy atom. The van der Waals surface area contributed by atoms with Crippen molar-refractivity contribution in [1.29, 1.82) is 0 Å². The molecule has 1 aromatic carbocycles. The fourth-order valence-corrected chi connectivity index (χ4v) is 7.37. The smallest absolute Gasteiger partial charge is 0.319 e. The zero-order valence-electron chi connectivity index (χ0n) is 13.2. The van der Waals surface area contributed by atoms with E-state index in [-0.39, 0.29) is 17.0 Å². The maximum absolute atomic E-state index is 13.4. The quantitative estimate of drug-likeness (QED) is 0.559. The molecule has 2 atom stereocenters. The molecule has 1 fully saturated rings. The Kier molecular flexibility index (Phi) is 5.31. The lowest BCUT2D eigenvalue weighted by Crippen LogP contribution is -2.45. The van der Waals surface area contributed by atoms with E-state index in [0.717, 1.165) is 12.1 Å². The molecule has 1 aliphatic rings. The number of hydrogen-bond acceptors (Lipinski definition) is 7. The molecule has 24 heavy (non-hydrogen) atoms. The van der Waals surface area contributed by atoms with Crippen LogP contribution in [0.2, 0.25) is 0 Å². The van der Waals surface area contributed by atoms with Gasteiger partial charge in [0.2, 0.25) is 0 Å². The van der Waals surface area contributed by atoms with E-state index >= 15 is 0 Å². The van der Waals surface area contributed by atoms with Crippen LogP contribution in [0.5, 0.6) is 0 Å². The molecule has 134 valence electrons. The van der Waals surface area contributed by atoms with Gasteiger partial charge in [-0.15, -0.1) is 0 Å². The van der Waals surface area contributed by atoms with Crippen molar-refractivity contribution in [3.63, 3.8) is 0 Å². The monoisotopic (exact) mass is 379 g/mol. The molecule has 1 aromatic rings. The lowest BCUT2D eigenvalue weighted by atomic mass is 10.2. The molecule has 1 heterocycles. The van der Waals surface area contributed by atoms with Gasteiger partial charge >= 0.3 is 5.97 Å². The Morgan fingerprint density at radius 2 is 2.04 bits per heavy atom. The fraction of sp³-hybridized carbons (Fsp3) is 0.500. The average Bonchev–Trinajstić information content (AvgIpc) is 2.83. The van der Waals surface area contributed by atoms with E-state index in [1.165, 1.54) is 20.1 Å². The standard InChI is InChI=1S/C14H18FNO6S2/c1-9-5-10(3-4-11(9)15)24(20,21)13-8-23(18,19)7-12(13)16-6-14(17)22-2/h3-5,12-13,16H,6-8H2,1-2H3/t12-,13-/m0/s1. The number of carbonyl (C=O) groups is 1. The van der Waals surface area contributed by atoms with Gasteiger partial charge in [0, 0.05) is 6.04 Å². The van der Waals surface area contributed by atoms with Crippen molar-refractivity contribution in [2.75, 3.05) is 25.2 Å². The minimum atomic E-state index is -4.01. The van der Waals surface area contributed by atoms with Crippen molar-refractivity contribution < 1.29 is 30.8 Å². The molecule has 0 unspecified atom stereocenters. The van der Waals surface area contributed by atoms with Crippen molar-refractivity contribution in [2.45, 2.75) is 23.1 Å². The van der Waals surface area contributed by atoms with Crippen molar-refractivity contribution in [3.8, 4) is 0 Å². The molecular formula is C14H18FNO6S2. The van der Waals surface area contributed by atoms with Gasteiger partial charge in [0.1, 0.15) is 5.82 Å². The van der Waals surface area contributed by atoms with Crippen LogP contribution in [0, 0.1) is 12.7 Å². The first kappa shape index (κ1) is 18.8. The first-order valence-electron chi connectivity index (χ1n) is 7.07. The van der Waals surface area contributed by atoms with E-state index in [2.05, 4.69) is 10.1 Å². The highest BCUT2D eigenvalue weighted by Crippen LogP contribution is 2.27. The van der Waals surface area contributed by atoms with Crippen LogP contribution in [0.25, 0.3) is 0 Å². The van der Waals surface area contributed by atoms with Gasteiger partial charge in [-0.1, -0.05) is 0 Å². The zero-order valence-corrected chi connectivity index (χ0v) is 14.8. The van der Waals surface area contributed by atoms with Gasteiger partial charge in [-0.3, -0.25) is 4.79 Å². The second-order valence-electron chi connectivity index (χ2n) is 5.63. The van der Waals surface area contributed by atoms with Gasteiger partial charge in [0.25, 0.3) is 0 Å². The summed E-state index contributed by atoms with van der Waals surface area (Å²) in [5.74, 6) is -2.12. The molecule has 2 rings (SSSR count). The summed E-state index contributed by atoms with van der Waals surface area (Å²) in [5.41, 5.74) is 0.149. The van der Waals surface area contributed by atoms with Crippen LogP contribution in [-0.4, -0.2) is 59.3 Å². The number of rotatable bonds is 5. The summed E-state index contributed by atoms with van der Waals surface area (Å²) in [6.45, 7) is 1.12. The highest BCUT2D eigenvalue weighted by molar-refractivity contribution is 7.96. The largest absolute Gasteiger partial charge is 0.468 e. The maximum Gasteiger partial charge on any atom is 0.319 e. The van der Waals surface area contributed by atoms with E-state index in [9.17, 15) is 26.0 Å². The lowest BCUT2D eigenvalue weighted by Gasteiger charge is -2.19. The molecular weight excluding hydrogens is 361 g/mol. The topological polar surface area (TPSA) is 107 Å². The molecule has 0 bridgehead atoms. The highest BCUT2D eigenvalue weighted by Gasteiger charge is 2.45. The second kappa shape index (κ2) is 6.77. The molecule has 1 aliphatic heterocycles. The molecule has 0 spiro atoms. The van der Waals surface area contributed by atoms with Crippen LogP contribution in [0.4, 0.5) is 4.39 Å². The third-order valence-electron chi connectivity index (χ3n) is 3.89. The van der Waals surface area contributed by atoms with Crippen LogP contribution in [-0.2, 0) is 29.2 Å². The maximum atomic E-state index is 13.4. The average molecular weight is 379 g/mol. The number of sulfone groups is 2. The van der Waals surface area contributed by atoms with Gasteiger partial charge < -0.3 is 10.1 Å². The predicted octanol–water partition coefficient (Wildman–Crippen LogP) is -0.164. The van der Waals surface area contributed by atoms with Gasteiger partial charge in [-0.25, -0.2) is 21.2 Å². The summed E-state index contributed by atoms with van der Waals surface area (Å²) in [6.07, 6.45) is 0. The number of nitrogens with one attached hydrogen (secondary N) is 1. The molecule has 0 amide bonds. The molecule has 1 N–H and O–H groups in total. The van der Waals surface area contributed by atoms with Crippen LogP contribution < -0.4 is 5.32 Å². The number of hydrogen-bond donors (Lipinski definition) is 1. The Hall–Kier alpha value is -1.52. The van der Waals surface area contributed by atoms with Crippen molar-refractivity contribution >= 4 is 25.6 Å². The molecule has 0 radical (unpaired) electrons.